The summed E-state index contributed by atoms with van der Waals surface area (Å²) in [6.45, 7) is 4.48. The van der Waals surface area contributed by atoms with Gasteiger partial charge in [-0.3, -0.25) is 4.90 Å². The van der Waals surface area contributed by atoms with Gasteiger partial charge in [0.05, 0.1) is 11.0 Å². The van der Waals surface area contributed by atoms with Crippen molar-refractivity contribution in [2.24, 2.45) is 0 Å². The van der Waals surface area contributed by atoms with Crippen LogP contribution in [0.5, 0.6) is 0 Å². The van der Waals surface area contributed by atoms with E-state index < -0.39 is 0 Å². The fraction of sp³-hybridized carbons (Fsp3) is 0.519. The lowest BCUT2D eigenvalue weighted by Crippen LogP contribution is -2.54. The average molecular weight is 417 g/mol. The Hall–Kier alpha value is -2.33. The van der Waals surface area contributed by atoms with Gasteiger partial charge < -0.3 is 5.01 Å². The number of aryl methyl sites for hydroxylation is 1. The van der Waals surface area contributed by atoms with Gasteiger partial charge in [-0.1, -0.05) is 68.1 Å². The van der Waals surface area contributed by atoms with Crippen molar-refractivity contribution in [2.75, 3.05) is 25.1 Å². The summed E-state index contributed by atoms with van der Waals surface area (Å²) in [5.74, 6) is 1.08. The number of para-hydroxylation sites is 2. The molecule has 2 aliphatic rings. The average Bonchev–Trinajstić information content (AvgIpc) is 2.98. The fourth-order valence-electron chi connectivity index (χ4n) is 6.21. The van der Waals surface area contributed by atoms with Crippen molar-refractivity contribution in [3.63, 3.8) is 0 Å². The summed E-state index contributed by atoms with van der Waals surface area (Å²) < 4.78 is 2.33. The first-order chi connectivity index (χ1) is 15.2. The maximum absolute atomic E-state index is 4.79. The summed E-state index contributed by atoms with van der Waals surface area (Å²) >= 11 is 0. The zero-order chi connectivity index (χ0) is 21.3. The molecule has 0 atom stereocenters. The number of aromatic nitrogens is 2. The molecule has 4 nitrogen and oxygen atoms in total. The summed E-state index contributed by atoms with van der Waals surface area (Å²) in [5, 5.41) is 2.45. The second-order valence-electron chi connectivity index (χ2n) is 9.56. The minimum absolute atomic E-state index is 0.235. The summed E-state index contributed by atoms with van der Waals surface area (Å²) in [7, 11) is 2.25. The topological polar surface area (TPSA) is 24.3 Å². The van der Waals surface area contributed by atoms with Crippen molar-refractivity contribution >= 4 is 11.0 Å². The SMILES string of the molecule is Cc1nc2ccccc2n1N(C)C1CCN(C2(c3ccccc3)CCCCCC2)CC1. The highest BCUT2D eigenvalue weighted by Crippen LogP contribution is 2.42. The Bertz CT molecular complexity index is 993. The molecule has 1 aromatic heterocycles. The van der Waals surface area contributed by atoms with E-state index >= 15 is 0 Å². The Morgan fingerprint density at radius 1 is 0.871 bits per heavy atom. The molecule has 3 aromatic rings. The van der Waals surface area contributed by atoms with Gasteiger partial charge in [-0.05, 0) is 50.3 Å². The summed E-state index contributed by atoms with van der Waals surface area (Å²) in [5.41, 5.74) is 4.08. The number of fused-ring (bicyclic) bond motifs is 1. The van der Waals surface area contributed by atoms with Crippen LogP contribution < -0.4 is 5.01 Å². The van der Waals surface area contributed by atoms with E-state index in [0.29, 0.717) is 6.04 Å². The number of rotatable bonds is 4. The number of hydrogen-bond donors (Lipinski definition) is 0. The van der Waals surface area contributed by atoms with Gasteiger partial charge in [0.1, 0.15) is 5.82 Å². The maximum Gasteiger partial charge on any atom is 0.125 e. The van der Waals surface area contributed by atoms with Gasteiger partial charge in [-0.15, -0.1) is 0 Å². The highest BCUT2D eigenvalue weighted by molar-refractivity contribution is 5.76. The smallest absolute Gasteiger partial charge is 0.125 e. The lowest BCUT2D eigenvalue weighted by Gasteiger charge is -2.49. The molecule has 4 heteroatoms. The van der Waals surface area contributed by atoms with Crippen LogP contribution in [0.4, 0.5) is 0 Å². The molecule has 0 amide bonds. The molecule has 1 saturated heterocycles. The summed E-state index contributed by atoms with van der Waals surface area (Å²) in [4.78, 5) is 7.63. The van der Waals surface area contributed by atoms with Gasteiger partial charge in [0.15, 0.2) is 0 Å². The van der Waals surface area contributed by atoms with Crippen molar-refractivity contribution in [1.82, 2.24) is 14.6 Å². The third-order valence-corrected chi connectivity index (χ3v) is 7.85. The van der Waals surface area contributed by atoms with Crippen LogP contribution in [0.2, 0.25) is 0 Å². The van der Waals surface area contributed by atoms with E-state index in [0.717, 1.165) is 11.3 Å². The molecule has 2 heterocycles. The van der Waals surface area contributed by atoms with E-state index in [1.807, 2.05) is 0 Å². The standard InChI is InChI=1S/C27H36N4/c1-22-28-25-14-8-9-15-26(25)31(22)29(2)24-16-20-30(21-17-24)27(18-10-3-4-11-19-27)23-12-6-5-7-13-23/h5-9,12-15,24H,3-4,10-11,16-21H2,1-2H3. The molecule has 164 valence electrons. The van der Waals surface area contributed by atoms with E-state index in [2.05, 4.69) is 83.2 Å². The Morgan fingerprint density at radius 3 is 2.23 bits per heavy atom. The number of benzene rings is 2. The molecule has 5 rings (SSSR count). The maximum atomic E-state index is 4.79. The highest BCUT2D eigenvalue weighted by Gasteiger charge is 2.40. The van der Waals surface area contributed by atoms with Crippen LogP contribution in [0, 0.1) is 6.92 Å². The molecule has 2 fully saturated rings. The number of likely N-dealkylation sites (tertiary alicyclic amines) is 1. The predicted molar refractivity (Wildman–Crippen MR) is 129 cm³/mol. The molecule has 2 aromatic carbocycles. The van der Waals surface area contributed by atoms with Gasteiger partial charge in [0.2, 0.25) is 0 Å². The van der Waals surface area contributed by atoms with Crippen LogP contribution in [0.25, 0.3) is 11.0 Å². The second-order valence-corrected chi connectivity index (χ2v) is 9.56. The van der Waals surface area contributed by atoms with Gasteiger partial charge in [0, 0.05) is 31.7 Å². The van der Waals surface area contributed by atoms with Gasteiger partial charge in [-0.25, -0.2) is 9.66 Å². The second kappa shape index (κ2) is 8.66. The van der Waals surface area contributed by atoms with Crippen LogP contribution in [0.3, 0.4) is 0 Å². The first-order valence-electron chi connectivity index (χ1n) is 12.2. The van der Waals surface area contributed by atoms with Crippen molar-refractivity contribution in [3.05, 3.63) is 66.0 Å². The zero-order valence-electron chi connectivity index (χ0n) is 19.1. The normalized spacial score (nSPS) is 20.6. The van der Waals surface area contributed by atoms with Crippen LogP contribution in [0.15, 0.2) is 54.6 Å². The molecule has 0 spiro atoms. The number of imidazole rings is 1. The van der Waals surface area contributed by atoms with Crippen LogP contribution in [-0.2, 0) is 5.54 Å². The molecule has 0 unspecified atom stereocenters. The molecule has 1 aliphatic heterocycles. The molecule has 0 radical (unpaired) electrons. The van der Waals surface area contributed by atoms with Gasteiger partial charge in [-0.2, -0.15) is 0 Å². The van der Waals surface area contributed by atoms with Crippen LogP contribution >= 0.6 is 0 Å². The molecule has 0 bridgehead atoms. The lowest BCUT2D eigenvalue weighted by atomic mass is 9.79. The Kier molecular flexibility index (Phi) is 5.75. The van der Waals surface area contributed by atoms with E-state index in [1.54, 1.807) is 5.56 Å². The molecular formula is C27H36N4. The number of hydrogen-bond acceptors (Lipinski definition) is 3. The lowest BCUT2D eigenvalue weighted by molar-refractivity contribution is 0.0415. The first-order valence-corrected chi connectivity index (χ1v) is 12.2. The summed E-state index contributed by atoms with van der Waals surface area (Å²) in [6, 6.07) is 20.4. The quantitative estimate of drug-likeness (QED) is 0.516. The van der Waals surface area contributed by atoms with E-state index in [4.69, 9.17) is 4.98 Å². The van der Waals surface area contributed by atoms with Crippen molar-refractivity contribution in [1.29, 1.82) is 0 Å². The third-order valence-electron chi connectivity index (χ3n) is 7.85. The van der Waals surface area contributed by atoms with Crippen LogP contribution in [0.1, 0.15) is 62.8 Å². The fourth-order valence-corrected chi connectivity index (χ4v) is 6.21. The molecule has 0 N–H and O–H groups in total. The molecule has 1 saturated carbocycles. The minimum atomic E-state index is 0.235. The van der Waals surface area contributed by atoms with Crippen molar-refractivity contribution in [2.45, 2.75) is 69.9 Å². The first kappa shape index (κ1) is 20.6. The molecular weight excluding hydrogens is 380 g/mol. The largest absolute Gasteiger partial charge is 0.311 e. The van der Waals surface area contributed by atoms with Crippen molar-refractivity contribution < 1.29 is 0 Å². The van der Waals surface area contributed by atoms with E-state index in [-0.39, 0.29) is 5.54 Å². The molecule has 1 aliphatic carbocycles. The highest BCUT2D eigenvalue weighted by atomic mass is 15.6. The number of piperidine rings is 1. The Labute approximate surface area is 186 Å². The monoisotopic (exact) mass is 416 g/mol. The summed E-state index contributed by atoms with van der Waals surface area (Å²) in [6.07, 6.45) is 10.5. The van der Waals surface area contributed by atoms with E-state index in [1.165, 1.54) is 70.0 Å². The third kappa shape index (κ3) is 3.76. The number of nitrogens with zero attached hydrogens (tertiary/aromatic N) is 4. The van der Waals surface area contributed by atoms with E-state index in [9.17, 15) is 0 Å². The van der Waals surface area contributed by atoms with Gasteiger partial charge >= 0.3 is 0 Å². The zero-order valence-corrected chi connectivity index (χ0v) is 19.1. The Morgan fingerprint density at radius 2 is 1.52 bits per heavy atom. The minimum Gasteiger partial charge on any atom is -0.311 e. The Balaban J connectivity index is 1.36. The van der Waals surface area contributed by atoms with Gasteiger partial charge in [0.25, 0.3) is 0 Å². The van der Waals surface area contributed by atoms with Crippen LogP contribution in [-0.4, -0.2) is 40.7 Å². The predicted octanol–water partition coefficient (Wildman–Crippen LogP) is 5.63. The van der Waals surface area contributed by atoms with Crippen molar-refractivity contribution in [3.8, 4) is 0 Å². The molecule has 31 heavy (non-hydrogen) atoms.